The lowest BCUT2D eigenvalue weighted by molar-refractivity contribution is 0.201. The van der Waals surface area contributed by atoms with Gasteiger partial charge in [-0.25, -0.2) is 0 Å². The molecule has 1 fully saturated rings. The van der Waals surface area contributed by atoms with Crippen LogP contribution in [0.5, 0.6) is 0 Å². The van der Waals surface area contributed by atoms with E-state index in [0.717, 1.165) is 54.8 Å². The number of nitrogens with zero attached hydrogens (tertiary/aromatic N) is 7. The standard InChI is InChI=1S/C16H21N7O/c1-11-8-14(24-20-11)6-7-21(3)13-9-22(10-13)16-5-4-15-18-17-12(2)23(15)19-16/h4-5,8,13H,6-7,9-10H2,1-3H3. The summed E-state index contributed by atoms with van der Waals surface area (Å²) in [7, 11) is 2.16. The van der Waals surface area contributed by atoms with E-state index >= 15 is 0 Å². The van der Waals surface area contributed by atoms with Gasteiger partial charge < -0.3 is 9.42 Å². The summed E-state index contributed by atoms with van der Waals surface area (Å²) in [5.74, 6) is 2.73. The van der Waals surface area contributed by atoms with Gasteiger partial charge in [0, 0.05) is 38.2 Å². The Bertz CT molecular complexity index is 849. The quantitative estimate of drug-likeness (QED) is 0.694. The minimum atomic E-state index is 0.536. The Balaban J connectivity index is 1.33. The molecule has 0 radical (unpaired) electrons. The molecule has 0 saturated carbocycles. The van der Waals surface area contributed by atoms with Crippen LogP contribution in [0, 0.1) is 13.8 Å². The van der Waals surface area contributed by atoms with E-state index in [2.05, 4.69) is 37.3 Å². The summed E-state index contributed by atoms with van der Waals surface area (Å²) >= 11 is 0. The van der Waals surface area contributed by atoms with Crippen LogP contribution in [0.1, 0.15) is 17.3 Å². The normalized spacial score (nSPS) is 15.4. The summed E-state index contributed by atoms with van der Waals surface area (Å²) in [5, 5.41) is 16.7. The van der Waals surface area contributed by atoms with Crippen molar-refractivity contribution in [3.63, 3.8) is 0 Å². The molecule has 0 spiro atoms. The van der Waals surface area contributed by atoms with Crippen molar-refractivity contribution >= 4 is 11.5 Å². The van der Waals surface area contributed by atoms with Crippen molar-refractivity contribution in [1.82, 2.24) is 29.9 Å². The van der Waals surface area contributed by atoms with E-state index in [9.17, 15) is 0 Å². The molecule has 0 atom stereocenters. The monoisotopic (exact) mass is 327 g/mol. The van der Waals surface area contributed by atoms with Crippen LogP contribution in [0.4, 0.5) is 5.82 Å². The molecule has 8 heteroatoms. The first kappa shape index (κ1) is 15.1. The highest BCUT2D eigenvalue weighted by Crippen LogP contribution is 2.21. The van der Waals surface area contributed by atoms with Crippen LogP contribution in [0.15, 0.2) is 22.7 Å². The van der Waals surface area contributed by atoms with Crippen LogP contribution in [-0.2, 0) is 6.42 Å². The Morgan fingerprint density at radius 2 is 2.08 bits per heavy atom. The van der Waals surface area contributed by atoms with E-state index in [4.69, 9.17) is 4.52 Å². The molecular weight excluding hydrogens is 306 g/mol. The van der Waals surface area contributed by atoms with Crippen molar-refractivity contribution in [2.75, 3.05) is 31.6 Å². The molecule has 1 saturated heterocycles. The second-order valence-corrected chi connectivity index (χ2v) is 6.43. The molecule has 126 valence electrons. The van der Waals surface area contributed by atoms with Crippen LogP contribution >= 0.6 is 0 Å². The molecule has 1 aliphatic rings. The fourth-order valence-electron chi connectivity index (χ4n) is 2.98. The van der Waals surface area contributed by atoms with Gasteiger partial charge in [0.2, 0.25) is 0 Å². The number of aryl methyl sites for hydroxylation is 2. The summed E-state index contributed by atoms with van der Waals surface area (Å²) in [6.45, 7) is 6.78. The number of fused-ring (bicyclic) bond motifs is 1. The Morgan fingerprint density at radius 1 is 1.25 bits per heavy atom. The van der Waals surface area contributed by atoms with Gasteiger partial charge in [0.05, 0.1) is 5.69 Å². The Labute approximate surface area is 140 Å². The van der Waals surface area contributed by atoms with E-state index < -0.39 is 0 Å². The van der Waals surface area contributed by atoms with Crippen molar-refractivity contribution in [2.24, 2.45) is 0 Å². The van der Waals surface area contributed by atoms with Gasteiger partial charge >= 0.3 is 0 Å². The second-order valence-electron chi connectivity index (χ2n) is 6.43. The molecule has 4 rings (SSSR count). The first-order valence-corrected chi connectivity index (χ1v) is 8.16. The molecule has 3 aromatic rings. The molecule has 1 aliphatic heterocycles. The van der Waals surface area contributed by atoms with E-state index in [-0.39, 0.29) is 0 Å². The molecule has 8 nitrogen and oxygen atoms in total. The number of anilines is 1. The molecule has 0 unspecified atom stereocenters. The zero-order valence-electron chi connectivity index (χ0n) is 14.2. The van der Waals surface area contributed by atoms with Crippen LogP contribution in [-0.4, -0.2) is 62.6 Å². The fraction of sp³-hybridized carbons (Fsp3) is 0.500. The van der Waals surface area contributed by atoms with Gasteiger partial charge in [0.25, 0.3) is 0 Å². The lowest BCUT2D eigenvalue weighted by atomic mass is 10.1. The Kier molecular flexibility index (Phi) is 3.68. The van der Waals surface area contributed by atoms with Crippen LogP contribution < -0.4 is 4.90 Å². The summed E-state index contributed by atoms with van der Waals surface area (Å²) < 4.78 is 7.06. The number of aromatic nitrogens is 5. The first-order chi connectivity index (χ1) is 11.6. The largest absolute Gasteiger partial charge is 0.361 e. The third kappa shape index (κ3) is 2.73. The number of hydrogen-bond donors (Lipinski definition) is 0. The summed E-state index contributed by atoms with van der Waals surface area (Å²) in [6.07, 6.45) is 0.887. The lowest BCUT2D eigenvalue weighted by Crippen LogP contribution is -2.59. The van der Waals surface area contributed by atoms with Gasteiger partial charge in [-0.05, 0) is 33.0 Å². The molecule has 0 N–H and O–H groups in total. The van der Waals surface area contributed by atoms with Crippen molar-refractivity contribution in [3.05, 3.63) is 35.5 Å². The van der Waals surface area contributed by atoms with Crippen molar-refractivity contribution in [3.8, 4) is 0 Å². The summed E-state index contributed by atoms with van der Waals surface area (Å²) in [4.78, 5) is 4.65. The maximum Gasteiger partial charge on any atom is 0.178 e. The molecule has 0 aliphatic carbocycles. The SMILES string of the molecule is Cc1cc(CCN(C)C2CN(c3ccc4nnc(C)n4n3)C2)on1. The molecule has 4 heterocycles. The molecule has 0 aromatic carbocycles. The predicted octanol–water partition coefficient (Wildman–Crippen LogP) is 1.09. The van der Waals surface area contributed by atoms with Crippen LogP contribution in [0.25, 0.3) is 5.65 Å². The van der Waals surface area contributed by atoms with E-state index in [1.807, 2.05) is 32.0 Å². The maximum atomic E-state index is 5.27. The topological polar surface area (TPSA) is 75.6 Å². The summed E-state index contributed by atoms with van der Waals surface area (Å²) in [6, 6.07) is 6.51. The molecular formula is C16H21N7O. The highest BCUT2D eigenvalue weighted by Gasteiger charge is 2.31. The molecule has 0 bridgehead atoms. The van der Waals surface area contributed by atoms with Crippen molar-refractivity contribution in [2.45, 2.75) is 26.3 Å². The third-order valence-electron chi connectivity index (χ3n) is 4.60. The average molecular weight is 327 g/mol. The number of likely N-dealkylation sites (N-methyl/N-ethyl adjacent to an activating group) is 1. The van der Waals surface area contributed by atoms with Gasteiger partial charge in [-0.3, -0.25) is 4.90 Å². The minimum Gasteiger partial charge on any atom is -0.361 e. The van der Waals surface area contributed by atoms with Crippen LogP contribution in [0.3, 0.4) is 0 Å². The highest BCUT2D eigenvalue weighted by atomic mass is 16.5. The van der Waals surface area contributed by atoms with Gasteiger partial charge in [-0.2, -0.15) is 4.52 Å². The molecule has 3 aromatic heterocycles. The zero-order chi connectivity index (χ0) is 16.7. The summed E-state index contributed by atoms with van der Waals surface area (Å²) in [5.41, 5.74) is 1.72. The van der Waals surface area contributed by atoms with Crippen LogP contribution in [0.2, 0.25) is 0 Å². The first-order valence-electron chi connectivity index (χ1n) is 8.16. The predicted molar refractivity (Wildman–Crippen MR) is 89.1 cm³/mol. The van der Waals surface area contributed by atoms with E-state index in [1.54, 1.807) is 4.52 Å². The van der Waals surface area contributed by atoms with Gasteiger partial charge in [0.15, 0.2) is 11.5 Å². The second kappa shape index (κ2) is 5.86. The molecule has 24 heavy (non-hydrogen) atoms. The zero-order valence-corrected chi connectivity index (χ0v) is 14.2. The average Bonchev–Trinajstić information content (AvgIpc) is 3.10. The maximum absolute atomic E-state index is 5.27. The van der Waals surface area contributed by atoms with E-state index in [1.165, 1.54) is 0 Å². The van der Waals surface area contributed by atoms with Gasteiger partial charge in [-0.15, -0.1) is 15.3 Å². The molecule has 0 amide bonds. The highest BCUT2D eigenvalue weighted by molar-refractivity contribution is 5.47. The third-order valence-corrected chi connectivity index (χ3v) is 4.60. The smallest absolute Gasteiger partial charge is 0.178 e. The number of hydrogen-bond acceptors (Lipinski definition) is 7. The Hall–Kier alpha value is -2.48. The minimum absolute atomic E-state index is 0.536. The van der Waals surface area contributed by atoms with Gasteiger partial charge in [-0.1, -0.05) is 5.16 Å². The lowest BCUT2D eigenvalue weighted by Gasteiger charge is -2.44. The van der Waals surface area contributed by atoms with E-state index in [0.29, 0.717) is 6.04 Å². The van der Waals surface area contributed by atoms with Crippen molar-refractivity contribution < 1.29 is 4.52 Å². The fourth-order valence-corrected chi connectivity index (χ4v) is 2.98. The Morgan fingerprint density at radius 3 is 2.83 bits per heavy atom. The van der Waals surface area contributed by atoms with Crippen molar-refractivity contribution in [1.29, 1.82) is 0 Å². The number of rotatable bonds is 5. The van der Waals surface area contributed by atoms with Gasteiger partial charge in [0.1, 0.15) is 11.6 Å².